The highest BCUT2D eigenvalue weighted by molar-refractivity contribution is 7.89. The fourth-order valence-corrected chi connectivity index (χ4v) is 7.71. The predicted molar refractivity (Wildman–Crippen MR) is 200 cm³/mol. The number of nitrogens with one attached hydrogen (secondary N) is 1. The van der Waals surface area contributed by atoms with Crippen LogP contribution in [-0.4, -0.2) is 76.0 Å². The minimum Gasteiger partial charge on any atom is -0.497 e. The van der Waals surface area contributed by atoms with Crippen LogP contribution >= 0.6 is 0 Å². The number of carbonyl (C=O) groups is 1. The summed E-state index contributed by atoms with van der Waals surface area (Å²) in [7, 11) is 1.52. The topological polar surface area (TPSA) is 132 Å². The number of anilines is 2. The number of hydrogen-bond donors (Lipinski definition) is 1. The molecule has 2 aromatic heterocycles. The Morgan fingerprint density at radius 1 is 0.891 bits per heavy atom. The van der Waals surface area contributed by atoms with Crippen molar-refractivity contribution in [1.82, 2.24) is 14.3 Å². The molecule has 3 aromatic carbocycles. The van der Waals surface area contributed by atoms with Crippen molar-refractivity contribution in [3.63, 3.8) is 0 Å². The van der Waals surface area contributed by atoms with E-state index in [-0.39, 0.29) is 48.3 Å². The Balaban J connectivity index is 1.36. The molecule has 12 nitrogen and oxygen atoms in total. The zero-order chi connectivity index (χ0) is 39.5. The maximum atomic E-state index is 14.5. The number of ether oxygens (including phenoxy) is 4. The van der Waals surface area contributed by atoms with Crippen LogP contribution in [0.15, 0.2) is 84.0 Å². The van der Waals surface area contributed by atoms with Gasteiger partial charge in [0.15, 0.2) is 5.03 Å². The van der Waals surface area contributed by atoms with E-state index in [1.807, 2.05) is 0 Å². The second-order valence-electron chi connectivity index (χ2n) is 13.0. The molecule has 1 atom stereocenters. The number of fused-ring (bicyclic) bond motifs is 1. The molecule has 1 unspecified atom stereocenters. The third kappa shape index (κ3) is 8.39. The summed E-state index contributed by atoms with van der Waals surface area (Å²) in [6.45, 7) is 0.985. The van der Waals surface area contributed by atoms with E-state index in [0.717, 1.165) is 0 Å². The highest BCUT2D eigenvalue weighted by Gasteiger charge is 2.42. The van der Waals surface area contributed by atoms with Crippen molar-refractivity contribution < 1.29 is 45.3 Å². The van der Waals surface area contributed by atoms with E-state index in [1.165, 1.54) is 82.3 Å². The van der Waals surface area contributed by atoms with Gasteiger partial charge in [-0.25, -0.2) is 31.6 Å². The average molecular weight is 780 g/mol. The number of nitrogens with zero attached hydrogens (tertiary/aromatic N) is 4. The molecular formula is C39H40F3N5O7S. The molecule has 5 aromatic rings. The van der Waals surface area contributed by atoms with Crippen LogP contribution in [-0.2, 0) is 23.1 Å². The second kappa shape index (κ2) is 16.0. The first-order chi connectivity index (χ1) is 26.3. The van der Waals surface area contributed by atoms with Gasteiger partial charge < -0.3 is 29.2 Å². The SMILES string of the molecule is COc1ccc(CN(Cc2ccc(OC)cc2OC)S(=O)(=O)c2cc(NC(=O)c3cc4cc(F)ccc4nc3N3CCC(F)(F)C(C)C3)ccn2)c(OC)c1. The number of piperidine rings is 1. The first-order valence-electron chi connectivity index (χ1n) is 17.2. The van der Waals surface area contributed by atoms with Crippen LogP contribution in [0.1, 0.15) is 34.8 Å². The Morgan fingerprint density at radius 3 is 2.11 bits per heavy atom. The molecular weight excluding hydrogens is 740 g/mol. The van der Waals surface area contributed by atoms with Gasteiger partial charge in [0.2, 0.25) is 0 Å². The fourth-order valence-electron chi connectivity index (χ4n) is 6.35. The summed E-state index contributed by atoms with van der Waals surface area (Å²) >= 11 is 0. The normalized spacial score (nSPS) is 15.5. The van der Waals surface area contributed by atoms with Crippen LogP contribution in [0.4, 0.5) is 24.7 Å². The lowest BCUT2D eigenvalue weighted by atomic mass is 9.95. The number of carbonyl (C=O) groups excluding carboxylic acids is 1. The monoisotopic (exact) mass is 779 g/mol. The van der Waals surface area contributed by atoms with Crippen molar-refractivity contribution in [2.24, 2.45) is 5.92 Å². The fraction of sp³-hybridized carbons (Fsp3) is 0.308. The quantitative estimate of drug-likeness (QED) is 0.134. The summed E-state index contributed by atoms with van der Waals surface area (Å²) in [5, 5.41) is 2.66. The van der Waals surface area contributed by atoms with Crippen molar-refractivity contribution in [1.29, 1.82) is 0 Å². The van der Waals surface area contributed by atoms with Crippen molar-refractivity contribution >= 4 is 38.3 Å². The zero-order valence-electron chi connectivity index (χ0n) is 30.8. The summed E-state index contributed by atoms with van der Waals surface area (Å²) < 4.78 is 95.2. The number of amides is 1. The standard InChI is InChI=1S/C39H40F3N5O7S/c1-24-21-46(15-13-39(24,41)42)37-32(17-27-16-28(40)8-11-33(27)45-37)38(48)44-29-12-14-43-36(18-29)55(49,50)47(22-25-6-9-30(51-2)19-34(25)53-4)23-26-7-10-31(52-3)20-35(26)54-5/h6-12,14,16-20,24H,13,15,21-23H2,1-5H3,(H,43,44,48). The van der Waals surface area contributed by atoms with Crippen LogP contribution in [0.25, 0.3) is 10.9 Å². The van der Waals surface area contributed by atoms with Crippen LogP contribution < -0.4 is 29.2 Å². The number of aromatic nitrogens is 2. The lowest BCUT2D eigenvalue weighted by Gasteiger charge is -2.38. The third-order valence-corrected chi connectivity index (χ3v) is 11.2. The highest BCUT2D eigenvalue weighted by Crippen LogP contribution is 2.37. The smallest absolute Gasteiger partial charge is 0.261 e. The molecule has 290 valence electrons. The molecule has 0 spiro atoms. The lowest BCUT2D eigenvalue weighted by molar-refractivity contribution is -0.0652. The molecule has 0 bridgehead atoms. The number of hydrogen-bond acceptors (Lipinski definition) is 10. The van der Waals surface area contributed by atoms with Crippen molar-refractivity contribution in [3.8, 4) is 23.0 Å². The molecule has 16 heteroatoms. The number of methoxy groups -OCH3 is 4. The molecule has 3 heterocycles. The molecule has 1 aliphatic heterocycles. The zero-order valence-corrected chi connectivity index (χ0v) is 31.6. The van der Waals surface area contributed by atoms with Gasteiger partial charge in [-0.3, -0.25) is 4.79 Å². The van der Waals surface area contributed by atoms with Crippen LogP contribution in [0.2, 0.25) is 0 Å². The Bertz CT molecular complexity index is 2270. The van der Waals surface area contributed by atoms with Gasteiger partial charge in [-0.05, 0) is 42.5 Å². The minimum atomic E-state index is -4.41. The average Bonchev–Trinajstić information content (AvgIpc) is 3.18. The first kappa shape index (κ1) is 39.1. The molecule has 6 rings (SSSR count). The van der Waals surface area contributed by atoms with E-state index in [9.17, 15) is 26.4 Å². The van der Waals surface area contributed by atoms with E-state index in [1.54, 1.807) is 41.3 Å². The number of sulfonamides is 1. The number of benzene rings is 3. The lowest BCUT2D eigenvalue weighted by Crippen LogP contribution is -2.46. The predicted octanol–water partition coefficient (Wildman–Crippen LogP) is 6.93. The molecule has 0 saturated carbocycles. The minimum absolute atomic E-state index is 0.00318. The van der Waals surface area contributed by atoms with Gasteiger partial charge >= 0.3 is 0 Å². The molecule has 1 fully saturated rings. The summed E-state index contributed by atoms with van der Waals surface area (Å²) in [4.78, 5) is 24.4. The summed E-state index contributed by atoms with van der Waals surface area (Å²) in [6, 6.07) is 18.0. The third-order valence-electron chi connectivity index (χ3n) is 9.51. The Morgan fingerprint density at radius 2 is 1.53 bits per heavy atom. The van der Waals surface area contributed by atoms with E-state index in [4.69, 9.17) is 18.9 Å². The van der Waals surface area contributed by atoms with Gasteiger partial charge in [0.1, 0.15) is 34.6 Å². The van der Waals surface area contributed by atoms with Gasteiger partial charge in [-0.1, -0.05) is 19.1 Å². The number of pyridine rings is 2. The summed E-state index contributed by atoms with van der Waals surface area (Å²) in [5.41, 5.74) is 1.50. The van der Waals surface area contributed by atoms with Crippen molar-refractivity contribution in [2.75, 3.05) is 51.7 Å². The second-order valence-corrected chi connectivity index (χ2v) is 14.9. The molecule has 1 N–H and O–H groups in total. The van der Waals surface area contributed by atoms with Gasteiger partial charge in [0.05, 0.1) is 39.5 Å². The van der Waals surface area contributed by atoms with Crippen molar-refractivity contribution in [2.45, 2.75) is 37.4 Å². The van der Waals surface area contributed by atoms with Gasteiger partial charge in [-0.2, -0.15) is 4.31 Å². The van der Waals surface area contributed by atoms with E-state index >= 15 is 0 Å². The van der Waals surface area contributed by atoms with E-state index in [2.05, 4.69) is 15.3 Å². The van der Waals surface area contributed by atoms with Crippen LogP contribution in [0.3, 0.4) is 0 Å². The molecule has 1 amide bonds. The molecule has 0 radical (unpaired) electrons. The molecule has 0 aliphatic carbocycles. The Kier molecular flexibility index (Phi) is 11.4. The largest absolute Gasteiger partial charge is 0.497 e. The van der Waals surface area contributed by atoms with Gasteiger partial charge in [0.25, 0.3) is 21.9 Å². The van der Waals surface area contributed by atoms with Gasteiger partial charge in [-0.15, -0.1) is 0 Å². The summed E-state index contributed by atoms with van der Waals surface area (Å²) in [5.74, 6) is -3.21. The highest BCUT2D eigenvalue weighted by atomic mass is 32.2. The Labute approximate surface area is 316 Å². The van der Waals surface area contributed by atoms with Gasteiger partial charge in [0, 0.05) is 85.1 Å². The maximum absolute atomic E-state index is 14.5. The number of rotatable bonds is 13. The van der Waals surface area contributed by atoms with E-state index in [0.29, 0.717) is 45.0 Å². The first-order valence-corrected chi connectivity index (χ1v) is 18.6. The van der Waals surface area contributed by atoms with Crippen molar-refractivity contribution in [3.05, 3.63) is 102 Å². The van der Waals surface area contributed by atoms with Crippen LogP contribution in [0.5, 0.6) is 23.0 Å². The molecule has 1 saturated heterocycles. The van der Waals surface area contributed by atoms with Crippen LogP contribution in [0, 0.1) is 11.7 Å². The maximum Gasteiger partial charge on any atom is 0.261 e. The summed E-state index contributed by atoms with van der Waals surface area (Å²) in [6.07, 6.45) is 0.803. The Hall–Kier alpha value is -5.61. The van der Waals surface area contributed by atoms with E-state index < -0.39 is 40.0 Å². The molecule has 55 heavy (non-hydrogen) atoms. The number of alkyl halides is 2. The number of halogens is 3. The molecule has 1 aliphatic rings.